The predicted octanol–water partition coefficient (Wildman–Crippen LogP) is 3.95. The van der Waals surface area contributed by atoms with Crippen LogP contribution in [0.2, 0.25) is 0 Å². The molecule has 0 radical (unpaired) electrons. The molecule has 0 aliphatic heterocycles. The number of aliphatic imine (C=N–C) groups is 1. The van der Waals surface area contributed by atoms with Gasteiger partial charge in [-0.15, -0.1) is 0 Å². The summed E-state index contributed by atoms with van der Waals surface area (Å²) >= 11 is 7.26. The lowest BCUT2D eigenvalue weighted by Gasteiger charge is -2.23. The molecule has 0 bridgehead atoms. The molecule has 0 aromatic heterocycles. The first-order valence-electron chi connectivity index (χ1n) is 6.28. The minimum Gasteiger partial charge on any atom is -0.324 e. The van der Waals surface area contributed by atoms with E-state index >= 15 is 0 Å². The second-order valence-corrected chi connectivity index (χ2v) is 11.3. The van der Waals surface area contributed by atoms with Gasteiger partial charge in [-0.1, -0.05) is 31.1 Å². The minimum absolute atomic E-state index is 0.160. The summed E-state index contributed by atoms with van der Waals surface area (Å²) in [4.78, 5) is 4.53. The van der Waals surface area contributed by atoms with Gasteiger partial charge in [-0.3, -0.25) is 4.99 Å². The third kappa shape index (κ3) is 6.23. The van der Waals surface area contributed by atoms with Gasteiger partial charge in [-0.25, -0.2) is 0 Å². The second kappa shape index (κ2) is 7.78. The van der Waals surface area contributed by atoms with Gasteiger partial charge in [0.15, 0.2) is 0 Å². The zero-order valence-corrected chi connectivity index (χ0v) is 13.4. The van der Waals surface area contributed by atoms with E-state index in [0.717, 1.165) is 5.75 Å². The average Bonchev–Trinajstić information content (AvgIpc) is 2.69. The summed E-state index contributed by atoms with van der Waals surface area (Å²) in [6.45, 7) is 6.14. The van der Waals surface area contributed by atoms with Gasteiger partial charge >= 0.3 is 0 Å². The molecule has 0 heterocycles. The lowest BCUT2D eigenvalue weighted by molar-refractivity contribution is 0.274. The van der Waals surface area contributed by atoms with Gasteiger partial charge < -0.3 is 9.61 Å². The Morgan fingerprint density at radius 3 is 2.71 bits per heavy atom. The Morgan fingerprint density at radius 2 is 2.18 bits per heavy atom. The van der Waals surface area contributed by atoms with E-state index in [-0.39, 0.29) is 6.10 Å². The molecule has 0 saturated heterocycles. The molecule has 0 aromatic rings. The molecule has 1 unspecified atom stereocenters. The first kappa shape index (κ1) is 15.5. The van der Waals surface area contributed by atoms with Gasteiger partial charge in [-0.05, 0) is 44.2 Å². The highest BCUT2D eigenvalue weighted by molar-refractivity contribution is 8.68. The third-order valence-electron chi connectivity index (χ3n) is 2.47. The molecule has 1 rings (SSSR count). The Balaban J connectivity index is 2.45. The highest BCUT2D eigenvalue weighted by Gasteiger charge is 2.18. The van der Waals surface area contributed by atoms with E-state index in [4.69, 9.17) is 16.3 Å². The fraction of sp³-hybridized carbons (Fsp3) is 0.909. The van der Waals surface area contributed by atoms with Gasteiger partial charge in [-0.2, -0.15) is 0 Å². The van der Waals surface area contributed by atoms with Crippen LogP contribution in [0.5, 0.6) is 0 Å². The summed E-state index contributed by atoms with van der Waals surface area (Å²) in [5.41, 5.74) is -1.98. The summed E-state index contributed by atoms with van der Waals surface area (Å²) in [6, 6.07) is 0.497. The van der Waals surface area contributed by atoms with Crippen molar-refractivity contribution in [3.8, 4) is 0 Å². The van der Waals surface area contributed by atoms with Crippen LogP contribution in [-0.4, -0.2) is 24.2 Å². The topological polar surface area (TPSA) is 33.6 Å². The monoisotopic (exact) mass is 294 g/mol. The molecule has 0 spiro atoms. The van der Waals surface area contributed by atoms with Crippen molar-refractivity contribution in [3.63, 3.8) is 0 Å². The van der Waals surface area contributed by atoms with Crippen LogP contribution in [-0.2, 0) is 16.3 Å². The van der Waals surface area contributed by atoms with E-state index in [1.165, 1.54) is 25.7 Å². The molecule has 0 amide bonds. The van der Waals surface area contributed by atoms with Crippen molar-refractivity contribution in [2.45, 2.75) is 58.6 Å². The Morgan fingerprint density at radius 1 is 1.53 bits per heavy atom. The molecule has 1 N–H and O–H groups in total. The van der Waals surface area contributed by atoms with Gasteiger partial charge in [0.2, 0.25) is 5.62 Å². The number of nitrogens with one attached hydrogen (secondary N) is 1. The number of nitrogens with zero attached hydrogens (tertiary/aromatic N) is 1. The van der Waals surface area contributed by atoms with Crippen LogP contribution in [0.4, 0.5) is 0 Å². The van der Waals surface area contributed by atoms with Crippen molar-refractivity contribution in [1.82, 2.24) is 5.09 Å². The van der Waals surface area contributed by atoms with Gasteiger partial charge in [0, 0.05) is 0 Å². The van der Waals surface area contributed by atoms with Crippen molar-refractivity contribution in [2.24, 2.45) is 4.99 Å². The average molecular weight is 294 g/mol. The zero-order valence-electron chi connectivity index (χ0n) is 10.9. The van der Waals surface area contributed by atoms with Gasteiger partial charge in [0.1, 0.15) is 0 Å². The van der Waals surface area contributed by atoms with Gasteiger partial charge in [0.25, 0.3) is 0 Å². The van der Waals surface area contributed by atoms with E-state index < -0.39 is 5.62 Å². The van der Waals surface area contributed by atoms with Crippen LogP contribution >= 0.6 is 17.0 Å². The second-order valence-electron chi connectivity index (χ2n) is 4.41. The molecule has 17 heavy (non-hydrogen) atoms. The Hall–Kier alpha value is 0.430. The highest BCUT2D eigenvalue weighted by Crippen LogP contribution is 2.56. The Bertz CT molecular complexity index is 291. The SMILES string of the molecule is CCSP(=S)(NC=NC1CCCC1)OC(C)C. The van der Waals surface area contributed by atoms with E-state index in [1.54, 1.807) is 17.7 Å². The molecule has 1 aliphatic carbocycles. The standard InChI is InChI=1S/C11H23N2OPS2/c1-4-17-15(16,14-10(2)3)13-9-12-11-7-5-6-8-11/h9-11H,4-8H2,1-3H3,(H,12,13,16). The number of hydrogen-bond acceptors (Lipinski definition) is 4. The smallest absolute Gasteiger partial charge is 0.211 e. The fourth-order valence-corrected chi connectivity index (χ4v) is 6.80. The molecule has 6 heteroatoms. The number of hydrogen-bond donors (Lipinski definition) is 1. The molecule has 0 aromatic carbocycles. The minimum atomic E-state index is -1.98. The van der Waals surface area contributed by atoms with Crippen LogP contribution in [0.15, 0.2) is 4.99 Å². The fourth-order valence-electron chi connectivity index (χ4n) is 1.81. The Kier molecular flexibility index (Phi) is 7.08. The normalized spacial score (nSPS) is 21.2. The van der Waals surface area contributed by atoms with E-state index in [2.05, 4.69) is 17.0 Å². The summed E-state index contributed by atoms with van der Waals surface area (Å²) < 4.78 is 5.83. The molecule has 1 atom stereocenters. The van der Waals surface area contributed by atoms with Crippen LogP contribution in [0.25, 0.3) is 0 Å². The first-order valence-corrected chi connectivity index (χ1v) is 10.6. The van der Waals surface area contributed by atoms with Crippen LogP contribution in [0.1, 0.15) is 46.5 Å². The summed E-state index contributed by atoms with van der Waals surface area (Å²) in [7, 11) is 0. The summed E-state index contributed by atoms with van der Waals surface area (Å²) in [5, 5.41) is 3.23. The predicted molar refractivity (Wildman–Crippen MR) is 82.5 cm³/mol. The summed E-state index contributed by atoms with van der Waals surface area (Å²) in [6.07, 6.45) is 7.00. The Labute approximate surface area is 114 Å². The van der Waals surface area contributed by atoms with Crippen molar-refractivity contribution in [2.75, 3.05) is 5.75 Å². The molecular formula is C11H23N2OPS2. The lowest BCUT2D eigenvalue weighted by atomic mass is 10.3. The van der Waals surface area contributed by atoms with E-state index in [0.29, 0.717) is 6.04 Å². The largest absolute Gasteiger partial charge is 0.324 e. The molecule has 1 saturated carbocycles. The quantitative estimate of drug-likeness (QED) is 0.438. The zero-order chi connectivity index (χ0) is 12.7. The lowest BCUT2D eigenvalue weighted by Crippen LogP contribution is -2.13. The third-order valence-corrected chi connectivity index (χ3v) is 8.10. The molecule has 1 fully saturated rings. The van der Waals surface area contributed by atoms with E-state index in [1.807, 2.05) is 13.8 Å². The van der Waals surface area contributed by atoms with E-state index in [9.17, 15) is 0 Å². The highest BCUT2D eigenvalue weighted by atomic mass is 32.9. The summed E-state index contributed by atoms with van der Waals surface area (Å²) in [5.74, 6) is 0.967. The maximum atomic E-state index is 5.83. The van der Waals surface area contributed by atoms with Crippen LogP contribution in [0, 0.1) is 0 Å². The molecule has 100 valence electrons. The van der Waals surface area contributed by atoms with Gasteiger partial charge in [0.05, 0.1) is 18.5 Å². The van der Waals surface area contributed by atoms with Crippen molar-refractivity contribution < 1.29 is 4.52 Å². The van der Waals surface area contributed by atoms with Crippen molar-refractivity contribution in [1.29, 1.82) is 0 Å². The first-order chi connectivity index (χ1) is 8.06. The van der Waals surface area contributed by atoms with Crippen LogP contribution < -0.4 is 5.09 Å². The maximum absolute atomic E-state index is 5.83. The molecular weight excluding hydrogens is 271 g/mol. The van der Waals surface area contributed by atoms with Crippen molar-refractivity contribution >= 4 is 35.1 Å². The van der Waals surface area contributed by atoms with Crippen molar-refractivity contribution in [3.05, 3.63) is 0 Å². The van der Waals surface area contributed by atoms with Crippen LogP contribution in [0.3, 0.4) is 0 Å². The molecule has 1 aliphatic rings. The maximum Gasteiger partial charge on any atom is 0.211 e. The molecule has 3 nitrogen and oxygen atoms in total. The number of rotatable bonds is 7.